The number of rotatable bonds is 5. The molecule has 0 aliphatic rings. The van der Waals surface area contributed by atoms with Crippen molar-refractivity contribution in [2.45, 2.75) is 0 Å². The first kappa shape index (κ1) is 19.0. The van der Waals surface area contributed by atoms with Crippen LogP contribution in [0.1, 0.15) is 26.3 Å². The van der Waals surface area contributed by atoms with Crippen LogP contribution in [-0.2, 0) is 0 Å². The Bertz CT molecular complexity index is 1160. The third-order valence-electron chi connectivity index (χ3n) is 4.18. The summed E-state index contributed by atoms with van der Waals surface area (Å²) < 4.78 is 0. The number of ketones is 1. The zero-order chi connectivity index (χ0) is 20.2. The number of carbonyl (C=O) groups excluding carboxylic acids is 2. The van der Waals surface area contributed by atoms with Gasteiger partial charge in [0.05, 0.1) is 0 Å². The number of aromatic nitrogens is 2. The lowest BCUT2D eigenvalue weighted by Gasteiger charge is -2.04. The zero-order valence-corrected chi connectivity index (χ0v) is 16.6. The molecule has 0 aliphatic carbocycles. The summed E-state index contributed by atoms with van der Waals surface area (Å²) in [6.07, 6.45) is 0. The molecule has 0 saturated heterocycles. The van der Waals surface area contributed by atoms with Gasteiger partial charge in [-0.05, 0) is 24.3 Å². The van der Waals surface area contributed by atoms with Gasteiger partial charge in [-0.1, -0.05) is 77.5 Å². The van der Waals surface area contributed by atoms with Gasteiger partial charge in [-0.15, -0.1) is 10.2 Å². The summed E-state index contributed by atoms with van der Waals surface area (Å²) in [6, 6.07) is 22.8. The Morgan fingerprint density at radius 1 is 0.759 bits per heavy atom. The lowest BCUT2D eigenvalue weighted by atomic mass is 10.0. The highest BCUT2D eigenvalue weighted by Gasteiger charge is 2.13. The summed E-state index contributed by atoms with van der Waals surface area (Å²) in [7, 11) is 0. The van der Waals surface area contributed by atoms with Crippen molar-refractivity contribution < 1.29 is 9.59 Å². The molecule has 1 heterocycles. The highest BCUT2D eigenvalue weighted by atomic mass is 35.5. The van der Waals surface area contributed by atoms with Crippen LogP contribution in [0.2, 0.25) is 5.02 Å². The molecule has 3 aromatic carbocycles. The van der Waals surface area contributed by atoms with Crippen LogP contribution in [0.3, 0.4) is 0 Å². The molecule has 5 nitrogen and oxygen atoms in total. The maximum atomic E-state index is 12.5. The first-order valence-electron chi connectivity index (χ1n) is 8.71. The van der Waals surface area contributed by atoms with E-state index in [0.29, 0.717) is 31.9 Å². The van der Waals surface area contributed by atoms with Crippen molar-refractivity contribution in [1.29, 1.82) is 0 Å². The summed E-state index contributed by atoms with van der Waals surface area (Å²) in [5, 5.41) is 12.6. The van der Waals surface area contributed by atoms with Crippen molar-refractivity contribution in [2.24, 2.45) is 0 Å². The van der Waals surface area contributed by atoms with Gasteiger partial charge in [-0.2, -0.15) is 0 Å². The largest absolute Gasteiger partial charge is 0.296 e. The third-order valence-corrected chi connectivity index (χ3v) is 5.32. The minimum absolute atomic E-state index is 0.0886. The lowest BCUT2D eigenvalue weighted by Crippen LogP contribution is -2.12. The van der Waals surface area contributed by atoms with Gasteiger partial charge >= 0.3 is 0 Å². The smallest absolute Gasteiger partial charge is 0.257 e. The maximum Gasteiger partial charge on any atom is 0.257 e. The number of nitrogens with zero attached hydrogens (tertiary/aromatic N) is 2. The van der Waals surface area contributed by atoms with Crippen molar-refractivity contribution in [3.8, 4) is 10.6 Å². The molecule has 29 heavy (non-hydrogen) atoms. The van der Waals surface area contributed by atoms with E-state index in [1.165, 1.54) is 11.3 Å². The number of nitrogens with one attached hydrogen (secondary N) is 1. The fraction of sp³-hybridized carbons (Fsp3) is 0. The van der Waals surface area contributed by atoms with Crippen molar-refractivity contribution in [3.63, 3.8) is 0 Å². The van der Waals surface area contributed by atoms with E-state index in [-0.39, 0.29) is 11.7 Å². The Balaban J connectivity index is 1.45. The number of carbonyl (C=O) groups is 2. The van der Waals surface area contributed by atoms with Crippen molar-refractivity contribution in [1.82, 2.24) is 10.2 Å². The summed E-state index contributed by atoms with van der Waals surface area (Å²) in [4.78, 5) is 24.9. The number of hydrogen-bond donors (Lipinski definition) is 1. The molecule has 1 aromatic heterocycles. The molecule has 0 atom stereocenters. The van der Waals surface area contributed by atoms with Gasteiger partial charge in [-0.3, -0.25) is 14.9 Å². The SMILES string of the molecule is O=C(Nc1nnc(-c2ccc(Cl)cc2)s1)c1ccc(C(=O)c2ccccc2)cc1. The van der Waals surface area contributed by atoms with Crippen LogP contribution in [0.4, 0.5) is 5.13 Å². The number of halogens is 1. The molecule has 4 aromatic rings. The second kappa shape index (κ2) is 8.34. The summed E-state index contributed by atoms with van der Waals surface area (Å²) >= 11 is 7.16. The Morgan fingerprint density at radius 3 is 2.07 bits per heavy atom. The molecule has 1 amide bonds. The van der Waals surface area contributed by atoms with E-state index in [1.807, 2.05) is 30.3 Å². The molecule has 142 valence electrons. The molecule has 0 fully saturated rings. The Hall–Kier alpha value is -3.35. The molecule has 0 aliphatic heterocycles. The Kier molecular flexibility index (Phi) is 5.46. The zero-order valence-electron chi connectivity index (χ0n) is 15.0. The van der Waals surface area contributed by atoms with E-state index in [1.54, 1.807) is 48.5 Å². The number of benzene rings is 3. The van der Waals surface area contributed by atoms with Gasteiger partial charge in [-0.25, -0.2) is 0 Å². The van der Waals surface area contributed by atoms with Crippen LogP contribution in [-0.4, -0.2) is 21.9 Å². The molecule has 0 unspecified atom stereocenters. The predicted octanol–water partition coefficient (Wildman–Crippen LogP) is 5.34. The van der Waals surface area contributed by atoms with Crippen molar-refractivity contribution in [3.05, 3.63) is 101 Å². The van der Waals surface area contributed by atoms with E-state index in [4.69, 9.17) is 11.6 Å². The molecule has 4 rings (SSSR count). The quantitative estimate of drug-likeness (QED) is 0.443. The summed E-state index contributed by atoms with van der Waals surface area (Å²) in [5.74, 6) is -0.406. The molecule has 7 heteroatoms. The van der Waals surface area contributed by atoms with Crippen LogP contribution < -0.4 is 5.32 Å². The van der Waals surface area contributed by atoms with E-state index in [2.05, 4.69) is 15.5 Å². The van der Waals surface area contributed by atoms with Gasteiger partial charge < -0.3 is 0 Å². The fourth-order valence-electron chi connectivity index (χ4n) is 2.68. The van der Waals surface area contributed by atoms with Crippen LogP contribution in [0.25, 0.3) is 10.6 Å². The summed E-state index contributed by atoms with van der Waals surface area (Å²) in [6.45, 7) is 0. The summed E-state index contributed by atoms with van der Waals surface area (Å²) in [5.41, 5.74) is 2.43. The topological polar surface area (TPSA) is 72.0 Å². The van der Waals surface area contributed by atoms with Crippen LogP contribution in [0.15, 0.2) is 78.9 Å². The first-order chi connectivity index (χ1) is 14.1. The minimum atomic E-state index is -0.317. The van der Waals surface area contributed by atoms with E-state index in [0.717, 1.165) is 5.56 Å². The van der Waals surface area contributed by atoms with Crippen LogP contribution >= 0.6 is 22.9 Å². The minimum Gasteiger partial charge on any atom is -0.296 e. The molecular weight excluding hydrogens is 406 g/mol. The third kappa shape index (κ3) is 4.39. The van der Waals surface area contributed by atoms with E-state index < -0.39 is 0 Å². The van der Waals surface area contributed by atoms with Crippen LogP contribution in [0.5, 0.6) is 0 Å². The fourth-order valence-corrected chi connectivity index (χ4v) is 3.55. The van der Waals surface area contributed by atoms with Gasteiger partial charge in [0, 0.05) is 27.3 Å². The lowest BCUT2D eigenvalue weighted by molar-refractivity contribution is 0.102. The van der Waals surface area contributed by atoms with Gasteiger partial charge in [0.15, 0.2) is 5.78 Å². The van der Waals surface area contributed by atoms with Crippen molar-refractivity contribution >= 4 is 39.8 Å². The van der Waals surface area contributed by atoms with Gasteiger partial charge in [0.1, 0.15) is 5.01 Å². The second-order valence-corrected chi connectivity index (χ2v) is 7.56. The molecule has 0 saturated carbocycles. The van der Waals surface area contributed by atoms with Gasteiger partial charge in [0.2, 0.25) is 5.13 Å². The van der Waals surface area contributed by atoms with E-state index in [9.17, 15) is 9.59 Å². The predicted molar refractivity (Wildman–Crippen MR) is 115 cm³/mol. The first-order valence-corrected chi connectivity index (χ1v) is 9.90. The number of hydrogen-bond acceptors (Lipinski definition) is 5. The number of anilines is 1. The molecule has 0 spiro atoms. The normalized spacial score (nSPS) is 10.5. The average molecular weight is 420 g/mol. The monoisotopic (exact) mass is 419 g/mol. The second-order valence-electron chi connectivity index (χ2n) is 6.15. The standard InChI is InChI=1S/C22H14ClN3O2S/c23-18-12-10-17(11-13-18)21-25-26-22(29-21)24-20(28)16-8-6-15(7-9-16)19(27)14-4-2-1-3-5-14/h1-13H,(H,24,26,28). The molecular formula is C22H14ClN3O2S. The van der Waals surface area contributed by atoms with E-state index >= 15 is 0 Å². The highest BCUT2D eigenvalue weighted by Crippen LogP contribution is 2.27. The molecule has 0 radical (unpaired) electrons. The molecule has 0 bridgehead atoms. The van der Waals surface area contributed by atoms with Crippen molar-refractivity contribution in [2.75, 3.05) is 5.32 Å². The van der Waals surface area contributed by atoms with Gasteiger partial charge in [0.25, 0.3) is 5.91 Å². The Labute approximate surface area is 176 Å². The highest BCUT2D eigenvalue weighted by molar-refractivity contribution is 7.18. The van der Waals surface area contributed by atoms with Crippen LogP contribution in [0, 0.1) is 0 Å². The average Bonchev–Trinajstić information content (AvgIpc) is 3.23. The Morgan fingerprint density at radius 2 is 1.38 bits per heavy atom. The number of amides is 1. The molecule has 1 N–H and O–H groups in total. The maximum absolute atomic E-state index is 12.5.